The number of rotatable bonds is 2. The van der Waals surface area contributed by atoms with Crippen molar-refractivity contribution in [3.05, 3.63) is 28.8 Å². The Morgan fingerprint density at radius 1 is 1.53 bits per heavy atom. The third-order valence-corrected chi connectivity index (χ3v) is 3.63. The van der Waals surface area contributed by atoms with Crippen LogP contribution in [-0.2, 0) is 0 Å². The molecular formula is C12H17ClN2. The zero-order valence-electron chi connectivity index (χ0n) is 9.42. The standard InChI is InChI=1S/C12H17ClN2/c1-8(14-2)10-7-15(3)12-9(10)5-4-6-11(12)13/h4-6,8,10,14H,7H2,1-3H3. The zero-order chi connectivity index (χ0) is 11.0. The van der Waals surface area contributed by atoms with Crippen molar-refractivity contribution in [2.24, 2.45) is 0 Å². The monoisotopic (exact) mass is 224 g/mol. The predicted molar refractivity (Wildman–Crippen MR) is 66.0 cm³/mol. The van der Waals surface area contributed by atoms with E-state index in [9.17, 15) is 0 Å². The molecule has 1 heterocycles. The van der Waals surface area contributed by atoms with Crippen LogP contribution in [-0.4, -0.2) is 26.7 Å². The Morgan fingerprint density at radius 3 is 2.93 bits per heavy atom. The molecule has 1 aliphatic heterocycles. The van der Waals surface area contributed by atoms with Crippen LogP contribution in [0.15, 0.2) is 18.2 Å². The third kappa shape index (κ3) is 1.72. The molecule has 2 nitrogen and oxygen atoms in total. The van der Waals surface area contributed by atoms with E-state index < -0.39 is 0 Å². The summed E-state index contributed by atoms with van der Waals surface area (Å²) in [5.41, 5.74) is 2.57. The van der Waals surface area contributed by atoms with E-state index in [1.165, 1.54) is 11.3 Å². The van der Waals surface area contributed by atoms with Crippen LogP contribution >= 0.6 is 11.6 Å². The van der Waals surface area contributed by atoms with Crippen LogP contribution < -0.4 is 10.2 Å². The van der Waals surface area contributed by atoms with Gasteiger partial charge in [0.1, 0.15) is 0 Å². The molecule has 0 aliphatic carbocycles. The zero-order valence-corrected chi connectivity index (χ0v) is 10.2. The minimum atomic E-state index is 0.479. The van der Waals surface area contributed by atoms with Crippen molar-refractivity contribution in [1.29, 1.82) is 0 Å². The molecule has 0 spiro atoms. The van der Waals surface area contributed by atoms with E-state index in [2.05, 4.69) is 30.3 Å². The summed E-state index contributed by atoms with van der Waals surface area (Å²) in [5.74, 6) is 0.536. The molecular weight excluding hydrogens is 208 g/mol. The normalized spacial score (nSPS) is 21.6. The van der Waals surface area contributed by atoms with Gasteiger partial charge in [0.05, 0.1) is 10.7 Å². The molecule has 2 atom stereocenters. The molecule has 3 heteroatoms. The van der Waals surface area contributed by atoms with Gasteiger partial charge in [-0.25, -0.2) is 0 Å². The molecule has 2 unspecified atom stereocenters. The summed E-state index contributed by atoms with van der Waals surface area (Å²) in [6, 6.07) is 6.66. The summed E-state index contributed by atoms with van der Waals surface area (Å²) in [7, 11) is 4.11. The summed E-state index contributed by atoms with van der Waals surface area (Å²) in [4.78, 5) is 2.25. The maximum absolute atomic E-state index is 6.22. The van der Waals surface area contributed by atoms with Crippen molar-refractivity contribution in [2.45, 2.75) is 18.9 Å². The van der Waals surface area contributed by atoms with E-state index in [-0.39, 0.29) is 0 Å². The van der Waals surface area contributed by atoms with E-state index in [4.69, 9.17) is 11.6 Å². The van der Waals surface area contributed by atoms with Crippen LogP contribution in [0.5, 0.6) is 0 Å². The van der Waals surface area contributed by atoms with Gasteiger partial charge in [-0.15, -0.1) is 0 Å². The topological polar surface area (TPSA) is 15.3 Å². The molecule has 1 aromatic rings. The Balaban J connectivity index is 2.42. The lowest BCUT2D eigenvalue weighted by atomic mass is 9.95. The molecule has 0 bridgehead atoms. The Hall–Kier alpha value is -0.730. The van der Waals surface area contributed by atoms with Gasteiger partial charge in [0.2, 0.25) is 0 Å². The van der Waals surface area contributed by atoms with Gasteiger partial charge in [-0.3, -0.25) is 0 Å². The number of hydrogen-bond donors (Lipinski definition) is 1. The lowest BCUT2D eigenvalue weighted by Gasteiger charge is -2.19. The second-order valence-corrected chi connectivity index (χ2v) is 4.65. The molecule has 1 N–H and O–H groups in total. The summed E-state index contributed by atoms with van der Waals surface area (Å²) in [6.07, 6.45) is 0. The van der Waals surface area contributed by atoms with E-state index in [0.717, 1.165) is 11.6 Å². The van der Waals surface area contributed by atoms with Crippen molar-refractivity contribution in [3.8, 4) is 0 Å². The van der Waals surface area contributed by atoms with Crippen molar-refractivity contribution < 1.29 is 0 Å². The number of nitrogens with zero attached hydrogens (tertiary/aromatic N) is 1. The van der Waals surface area contributed by atoms with E-state index in [1.54, 1.807) is 0 Å². The van der Waals surface area contributed by atoms with Gasteiger partial charge in [0, 0.05) is 25.6 Å². The summed E-state index contributed by atoms with van der Waals surface area (Å²) < 4.78 is 0. The number of para-hydroxylation sites is 1. The number of fused-ring (bicyclic) bond motifs is 1. The fourth-order valence-electron chi connectivity index (χ4n) is 2.35. The average Bonchev–Trinajstić information content (AvgIpc) is 2.56. The second-order valence-electron chi connectivity index (χ2n) is 4.24. The molecule has 0 aromatic heterocycles. The van der Waals surface area contributed by atoms with Crippen LogP contribution in [0.4, 0.5) is 5.69 Å². The first-order chi connectivity index (χ1) is 7.15. The largest absolute Gasteiger partial charge is 0.372 e. The Morgan fingerprint density at radius 2 is 2.27 bits per heavy atom. The van der Waals surface area contributed by atoms with Crippen molar-refractivity contribution in [2.75, 3.05) is 25.5 Å². The molecule has 2 rings (SSSR count). The SMILES string of the molecule is CNC(C)C1CN(C)c2c(Cl)cccc21. The molecule has 15 heavy (non-hydrogen) atoms. The molecule has 82 valence electrons. The molecule has 0 saturated heterocycles. The van der Waals surface area contributed by atoms with Gasteiger partial charge in [0.25, 0.3) is 0 Å². The number of likely N-dealkylation sites (N-methyl/N-ethyl adjacent to an activating group) is 2. The minimum Gasteiger partial charge on any atom is -0.372 e. The number of halogens is 1. The highest BCUT2D eigenvalue weighted by Crippen LogP contribution is 2.41. The quantitative estimate of drug-likeness (QED) is 0.831. The fourth-order valence-corrected chi connectivity index (χ4v) is 2.67. The van der Waals surface area contributed by atoms with E-state index >= 15 is 0 Å². The first-order valence-corrected chi connectivity index (χ1v) is 5.69. The fraction of sp³-hybridized carbons (Fsp3) is 0.500. The molecule has 0 radical (unpaired) electrons. The van der Waals surface area contributed by atoms with Gasteiger partial charge >= 0.3 is 0 Å². The lowest BCUT2D eigenvalue weighted by Crippen LogP contribution is -2.31. The summed E-state index contributed by atoms with van der Waals surface area (Å²) in [5, 5.41) is 4.18. The lowest BCUT2D eigenvalue weighted by molar-refractivity contribution is 0.513. The maximum Gasteiger partial charge on any atom is 0.0642 e. The maximum atomic E-state index is 6.22. The Bertz CT molecular complexity index is 365. The van der Waals surface area contributed by atoms with E-state index in [0.29, 0.717) is 12.0 Å². The van der Waals surface area contributed by atoms with E-state index in [1.807, 2.05) is 19.2 Å². The van der Waals surface area contributed by atoms with Crippen molar-refractivity contribution in [1.82, 2.24) is 5.32 Å². The van der Waals surface area contributed by atoms with Gasteiger partial charge in [0.15, 0.2) is 0 Å². The van der Waals surface area contributed by atoms with Crippen LogP contribution in [0.25, 0.3) is 0 Å². The predicted octanol–water partition coefficient (Wildman–Crippen LogP) is 2.48. The molecule has 0 fully saturated rings. The van der Waals surface area contributed by atoms with Crippen LogP contribution in [0.3, 0.4) is 0 Å². The number of benzene rings is 1. The second kappa shape index (κ2) is 4.03. The molecule has 1 aliphatic rings. The molecule has 0 amide bonds. The van der Waals surface area contributed by atoms with Crippen molar-refractivity contribution in [3.63, 3.8) is 0 Å². The smallest absolute Gasteiger partial charge is 0.0642 e. The van der Waals surface area contributed by atoms with Crippen LogP contribution in [0.1, 0.15) is 18.4 Å². The highest BCUT2D eigenvalue weighted by Gasteiger charge is 2.31. The number of anilines is 1. The van der Waals surface area contributed by atoms with Crippen LogP contribution in [0.2, 0.25) is 5.02 Å². The number of hydrogen-bond acceptors (Lipinski definition) is 2. The summed E-state index contributed by atoms with van der Waals surface area (Å²) >= 11 is 6.22. The summed E-state index contributed by atoms with van der Waals surface area (Å²) in [6.45, 7) is 3.26. The Labute approximate surface area is 96.2 Å². The van der Waals surface area contributed by atoms with Gasteiger partial charge in [-0.05, 0) is 25.6 Å². The van der Waals surface area contributed by atoms with Crippen molar-refractivity contribution >= 4 is 17.3 Å². The average molecular weight is 225 g/mol. The first kappa shape index (κ1) is 10.8. The number of nitrogens with one attached hydrogen (secondary N) is 1. The van der Waals surface area contributed by atoms with Crippen LogP contribution in [0, 0.1) is 0 Å². The van der Waals surface area contributed by atoms with Gasteiger partial charge in [-0.2, -0.15) is 0 Å². The highest BCUT2D eigenvalue weighted by molar-refractivity contribution is 6.33. The highest BCUT2D eigenvalue weighted by atomic mass is 35.5. The van der Waals surface area contributed by atoms with Gasteiger partial charge < -0.3 is 10.2 Å². The molecule has 0 saturated carbocycles. The molecule has 1 aromatic carbocycles. The minimum absolute atomic E-state index is 0.479. The third-order valence-electron chi connectivity index (χ3n) is 3.33. The Kier molecular flexibility index (Phi) is 2.89. The van der Waals surface area contributed by atoms with Gasteiger partial charge in [-0.1, -0.05) is 23.7 Å². The first-order valence-electron chi connectivity index (χ1n) is 5.32.